The summed E-state index contributed by atoms with van der Waals surface area (Å²) in [5, 5.41) is 19.3. The van der Waals surface area contributed by atoms with Crippen LogP contribution in [-0.2, 0) is 0 Å². The molecule has 0 unspecified atom stereocenters. The number of benzene rings is 1. The van der Waals surface area contributed by atoms with Crippen LogP contribution in [0.1, 0.15) is 5.56 Å². The Morgan fingerprint density at radius 1 is 1.50 bits per heavy atom. The van der Waals surface area contributed by atoms with Crippen LogP contribution in [0.4, 0.5) is 0 Å². The maximum Gasteiger partial charge on any atom is 0.0985 e. The molecule has 0 fully saturated rings. The van der Waals surface area contributed by atoms with Gasteiger partial charge < -0.3 is 5.11 Å². The van der Waals surface area contributed by atoms with Crippen LogP contribution in [0, 0.1) is 11.3 Å². The molecule has 0 aliphatic carbocycles. The molecule has 0 aliphatic heterocycles. The van der Waals surface area contributed by atoms with Gasteiger partial charge in [-0.25, -0.2) is 0 Å². The van der Waals surface area contributed by atoms with Crippen molar-refractivity contribution in [3.05, 3.63) is 28.8 Å². The van der Waals surface area contributed by atoms with E-state index in [4.69, 9.17) is 16.9 Å². The van der Waals surface area contributed by atoms with Crippen molar-refractivity contribution in [3.8, 4) is 11.8 Å². The summed E-state index contributed by atoms with van der Waals surface area (Å²) in [4.78, 5) is 0. The van der Waals surface area contributed by atoms with Crippen molar-refractivity contribution in [1.82, 2.24) is 0 Å². The maximum absolute atomic E-state index is 10.8. The quantitative estimate of drug-likeness (QED) is 0.562. The van der Waals surface area contributed by atoms with Crippen molar-refractivity contribution < 1.29 is 5.11 Å². The predicted octanol–water partition coefficient (Wildman–Crippen LogP) is 1.29. The molecule has 0 spiro atoms. The molecule has 3 heteroatoms. The van der Waals surface area contributed by atoms with Crippen LogP contribution in [0.25, 0.3) is 0 Å². The zero-order chi connectivity index (χ0) is 7.56. The summed E-state index contributed by atoms with van der Waals surface area (Å²) in [6, 6.07) is 6.21. The predicted molar refractivity (Wildman–Crippen MR) is 35.6 cm³/mol. The Hall–Kier alpha value is -1.20. The second kappa shape index (κ2) is 2.59. The summed E-state index contributed by atoms with van der Waals surface area (Å²) in [7, 11) is 0. The summed E-state index contributed by atoms with van der Waals surface area (Å²) >= 11 is 5.43. The van der Waals surface area contributed by atoms with Gasteiger partial charge in [0.1, 0.15) is 0 Å². The molecule has 0 radical (unpaired) electrons. The van der Waals surface area contributed by atoms with E-state index >= 15 is 0 Å². The fourth-order valence-electron chi connectivity index (χ4n) is 0.597. The summed E-state index contributed by atoms with van der Waals surface area (Å²) in [6.45, 7) is 0. The van der Waals surface area contributed by atoms with Gasteiger partial charge in [0, 0.05) is 10.6 Å². The van der Waals surface area contributed by atoms with Crippen molar-refractivity contribution in [2.45, 2.75) is 0 Å². The van der Waals surface area contributed by atoms with Crippen LogP contribution in [0.5, 0.6) is 5.75 Å². The number of para-hydroxylation sites is 1. The van der Waals surface area contributed by atoms with Crippen LogP contribution in [0.15, 0.2) is 18.2 Å². The van der Waals surface area contributed by atoms with E-state index in [9.17, 15) is 5.11 Å². The highest BCUT2D eigenvalue weighted by molar-refractivity contribution is 6.32. The average Bonchev–Trinajstić information content (AvgIpc) is 1.95. The smallest absolute Gasteiger partial charge is 0.0985 e. The van der Waals surface area contributed by atoms with Gasteiger partial charge in [-0.1, -0.05) is 23.4 Å². The van der Waals surface area contributed by atoms with E-state index in [1.807, 2.05) is 0 Å². The molecule has 0 saturated carbocycles. The molecule has 0 amide bonds. The maximum atomic E-state index is 10.8. The van der Waals surface area contributed by atoms with Crippen LogP contribution in [0.2, 0.25) is 5.02 Å². The second-order valence-corrected chi connectivity index (χ2v) is 2.14. The lowest BCUT2D eigenvalue weighted by Gasteiger charge is -2.08. The van der Waals surface area contributed by atoms with Gasteiger partial charge >= 0.3 is 0 Å². The Labute approximate surface area is 63.3 Å². The minimum absolute atomic E-state index is 0.0903. The first-order valence-electron chi connectivity index (χ1n) is 2.61. The monoisotopic (exact) mass is 152 g/mol. The van der Waals surface area contributed by atoms with E-state index in [0.29, 0.717) is 0 Å². The topological polar surface area (TPSA) is 46.8 Å². The summed E-state index contributed by atoms with van der Waals surface area (Å²) < 4.78 is 0. The number of hydrogen-bond acceptors (Lipinski definition) is 2. The molecule has 0 heterocycles. The van der Waals surface area contributed by atoms with E-state index in [1.165, 1.54) is 12.1 Å². The second-order valence-electron chi connectivity index (χ2n) is 1.73. The van der Waals surface area contributed by atoms with Crippen molar-refractivity contribution >= 4 is 11.6 Å². The minimum Gasteiger partial charge on any atom is -0.871 e. The number of nitrogens with zero attached hydrogens (tertiary/aromatic N) is 1. The van der Waals surface area contributed by atoms with Gasteiger partial charge in [-0.2, -0.15) is 5.26 Å². The molecule has 1 aromatic rings. The van der Waals surface area contributed by atoms with Gasteiger partial charge in [0.25, 0.3) is 0 Å². The third kappa shape index (κ3) is 1.04. The highest BCUT2D eigenvalue weighted by Gasteiger charge is 1.93. The third-order valence-corrected chi connectivity index (χ3v) is 1.39. The molecule has 0 saturated heterocycles. The number of nitriles is 1. The lowest BCUT2D eigenvalue weighted by Crippen LogP contribution is -1.93. The van der Waals surface area contributed by atoms with Gasteiger partial charge in [-0.05, 0) is 12.1 Å². The number of halogens is 1. The van der Waals surface area contributed by atoms with E-state index < -0.39 is 5.75 Å². The van der Waals surface area contributed by atoms with E-state index in [1.54, 1.807) is 12.1 Å². The highest BCUT2D eigenvalue weighted by atomic mass is 35.5. The SMILES string of the molecule is N#Cc1cccc(Cl)c1[O-]. The minimum atomic E-state index is -0.397. The van der Waals surface area contributed by atoms with Crippen LogP contribution < -0.4 is 5.11 Å². The lowest BCUT2D eigenvalue weighted by atomic mass is 10.2. The molecule has 50 valence electrons. The molecular weight excluding hydrogens is 150 g/mol. The van der Waals surface area contributed by atoms with Crippen LogP contribution in [-0.4, -0.2) is 0 Å². The van der Waals surface area contributed by atoms with Gasteiger partial charge in [0.05, 0.1) is 6.07 Å². The van der Waals surface area contributed by atoms with Crippen LogP contribution in [0.3, 0.4) is 0 Å². The van der Waals surface area contributed by atoms with E-state index in [2.05, 4.69) is 0 Å². The van der Waals surface area contributed by atoms with Crippen molar-refractivity contribution in [3.63, 3.8) is 0 Å². The molecule has 1 rings (SSSR count). The first-order chi connectivity index (χ1) is 4.75. The molecule has 10 heavy (non-hydrogen) atoms. The normalized spacial score (nSPS) is 8.80. The Bertz CT molecular complexity index is 290. The number of hydrogen-bond donors (Lipinski definition) is 0. The number of rotatable bonds is 0. The van der Waals surface area contributed by atoms with Gasteiger partial charge in [0.2, 0.25) is 0 Å². The summed E-state index contributed by atoms with van der Waals surface area (Å²) in [6.07, 6.45) is 0. The standard InChI is InChI=1S/C7H4ClNO/c8-6-3-1-2-5(4-9)7(6)10/h1-3,10H/p-1. The molecular formula is C7H3ClNO-. The first-order valence-corrected chi connectivity index (χ1v) is 2.99. The van der Waals surface area contributed by atoms with Gasteiger partial charge in [-0.3, -0.25) is 0 Å². The first kappa shape index (κ1) is 6.91. The molecule has 0 aromatic heterocycles. The van der Waals surface area contributed by atoms with Gasteiger partial charge in [0.15, 0.2) is 0 Å². The zero-order valence-corrected chi connectivity index (χ0v) is 5.72. The van der Waals surface area contributed by atoms with E-state index in [0.717, 1.165) is 0 Å². The highest BCUT2D eigenvalue weighted by Crippen LogP contribution is 2.22. The van der Waals surface area contributed by atoms with Crippen molar-refractivity contribution in [2.24, 2.45) is 0 Å². The molecule has 0 bridgehead atoms. The Morgan fingerprint density at radius 3 is 2.70 bits per heavy atom. The average molecular weight is 153 g/mol. The molecule has 1 aromatic carbocycles. The molecule has 0 atom stereocenters. The largest absolute Gasteiger partial charge is 0.871 e. The molecule has 0 aliphatic rings. The molecule has 0 N–H and O–H groups in total. The lowest BCUT2D eigenvalue weighted by molar-refractivity contribution is -0.268. The zero-order valence-electron chi connectivity index (χ0n) is 4.97. The summed E-state index contributed by atoms with van der Waals surface area (Å²) in [5.41, 5.74) is 0.0903. The molecule has 2 nitrogen and oxygen atoms in total. The van der Waals surface area contributed by atoms with Crippen molar-refractivity contribution in [2.75, 3.05) is 0 Å². The Morgan fingerprint density at radius 2 is 2.20 bits per heavy atom. The Kier molecular flexibility index (Phi) is 1.79. The van der Waals surface area contributed by atoms with E-state index in [-0.39, 0.29) is 10.6 Å². The Balaban J connectivity index is 3.31. The third-order valence-electron chi connectivity index (χ3n) is 1.09. The van der Waals surface area contributed by atoms with Crippen LogP contribution >= 0.6 is 11.6 Å². The fraction of sp³-hybridized carbons (Fsp3) is 0. The van der Waals surface area contributed by atoms with Gasteiger partial charge in [-0.15, -0.1) is 0 Å². The fourth-order valence-corrected chi connectivity index (χ4v) is 0.771. The van der Waals surface area contributed by atoms with Crippen molar-refractivity contribution in [1.29, 1.82) is 5.26 Å². The summed E-state index contributed by atoms with van der Waals surface area (Å²) in [5.74, 6) is -0.397.